The van der Waals surface area contributed by atoms with Gasteiger partial charge in [0.15, 0.2) is 0 Å². The molecule has 0 aromatic heterocycles. The quantitative estimate of drug-likeness (QED) is 0.0471. The molecule has 1 unspecified atom stereocenters. The minimum absolute atomic E-state index is 0.130. The van der Waals surface area contributed by atoms with E-state index in [0.717, 1.165) is 32.3 Å². The zero-order valence-electron chi connectivity index (χ0n) is 31.9. The normalized spacial score (nSPS) is 15.2. The first-order valence-corrected chi connectivity index (χ1v) is 18.3. The third-order valence-corrected chi connectivity index (χ3v) is 7.31. The van der Waals surface area contributed by atoms with Gasteiger partial charge in [-0.25, -0.2) is 4.79 Å². The molecule has 0 aliphatic carbocycles. The monoisotopic (exact) mass is 756 g/mol. The molecule has 0 aromatic rings. The fourth-order valence-electron chi connectivity index (χ4n) is 4.58. The smallest absolute Gasteiger partial charge is 0.330 e. The summed E-state index contributed by atoms with van der Waals surface area (Å²) in [5, 5.41) is 0. The number of methoxy groups -OCH3 is 2. The lowest BCUT2D eigenvalue weighted by Gasteiger charge is -2.30. The molecule has 1 aliphatic rings. The molecule has 308 valence electrons. The van der Waals surface area contributed by atoms with Crippen LogP contribution in [0.5, 0.6) is 0 Å². The van der Waals surface area contributed by atoms with Crippen molar-refractivity contribution in [2.75, 3.05) is 206 Å². The second-order valence-corrected chi connectivity index (χ2v) is 11.1. The number of esters is 1. The predicted octanol–water partition coefficient (Wildman–Crippen LogP) is 0.135. The lowest BCUT2D eigenvalue weighted by molar-refractivity contribution is -0.139. The highest BCUT2D eigenvalue weighted by Crippen LogP contribution is 2.15. The first-order valence-electron chi connectivity index (χ1n) is 18.3. The van der Waals surface area contributed by atoms with E-state index in [1.807, 2.05) is 0 Å². The Balaban J connectivity index is 2.12. The summed E-state index contributed by atoms with van der Waals surface area (Å²) in [6.07, 6.45) is 1.25. The van der Waals surface area contributed by atoms with Gasteiger partial charge >= 0.3 is 5.97 Å². The lowest BCUT2D eigenvalue weighted by atomic mass is 10.4. The van der Waals surface area contributed by atoms with E-state index in [1.54, 1.807) is 14.2 Å². The van der Waals surface area contributed by atoms with Gasteiger partial charge in [0.25, 0.3) is 0 Å². The van der Waals surface area contributed by atoms with Gasteiger partial charge < -0.3 is 66.3 Å². The molecule has 0 amide bonds. The summed E-state index contributed by atoms with van der Waals surface area (Å²) in [7, 11) is 3.31. The summed E-state index contributed by atoms with van der Waals surface area (Å²) in [6.45, 7) is 19.4. The van der Waals surface area contributed by atoms with Crippen molar-refractivity contribution >= 4 is 5.97 Å². The largest absolute Gasteiger partial charge is 0.460 e. The number of carbonyl (C=O) groups excluding carboxylic acids is 1. The van der Waals surface area contributed by atoms with E-state index in [2.05, 4.69) is 16.4 Å². The van der Waals surface area contributed by atoms with Gasteiger partial charge in [-0.05, 0) is 0 Å². The minimum atomic E-state index is -0.460. The number of rotatable bonds is 42. The summed E-state index contributed by atoms with van der Waals surface area (Å²) < 4.78 is 76.3. The van der Waals surface area contributed by atoms with Crippen LogP contribution >= 0.6 is 0 Å². The van der Waals surface area contributed by atoms with Crippen molar-refractivity contribution in [3.8, 4) is 0 Å². The standard InChI is InChI=1S/C35H68N2O15/c1-4-35(38)52-32-31-50-28-27-48-24-23-47-22-21-45-18-16-42-10-8-37-6-5-36(7-9-41-15-17-43-13-11-39-2)34(37)33-51-30-29-49-26-25-46-20-19-44-14-12-40-3/h4,34H,1,5-33H2,2-3H3. The molecule has 0 N–H and O–H groups in total. The van der Waals surface area contributed by atoms with Crippen LogP contribution in [0.4, 0.5) is 0 Å². The number of hydrogen-bond acceptors (Lipinski definition) is 17. The van der Waals surface area contributed by atoms with E-state index >= 15 is 0 Å². The van der Waals surface area contributed by atoms with E-state index in [9.17, 15) is 4.79 Å². The molecular weight excluding hydrogens is 688 g/mol. The molecule has 0 bridgehead atoms. The van der Waals surface area contributed by atoms with Gasteiger partial charge in [0, 0.05) is 46.5 Å². The van der Waals surface area contributed by atoms with Crippen molar-refractivity contribution in [2.24, 2.45) is 0 Å². The maximum Gasteiger partial charge on any atom is 0.330 e. The van der Waals surface area contributed by atoms with Gasteiger partial charge in [-0.3, -0.25) is 9.80 Å². The molecule has 17 nitrogen and oxygen atoms in total. The molecule has 1 rings (SSSR count). The van der Waals surface area contributed by atoms with Crippen molar-refractivity contribution < 1.29 is 71.1 Å². The summed E-state index contributed by atoms with van der Waals surface area (Å²) in [6, 6.07) is 0. The zero-order chi connectivity index (χ0) is 37.4. The average molecular weight is 757 g/mol. The lowest BCUT2D eigenvalue weighted by Crippen LogP contribution is -2.45. The van der Waals surface area contributed by atoms with Crippen LogP contribution in [-0.4, -0.2) is 228 Å². The van der Waals surface area contributed by atoms with Crippen LogP contribution in [0, 0.1) is 0 Å². The third kappa shape index (κ3) is 31.0. The number of hydrogen-bond donors (Lipinski definition) is 0. The van der Waals surface area contributed by atoms with E-state index in [4.69, 9.17) is 66.3 Å². The molecule has 1 atom stereocenters. The molecule has 52 heavy (non-hydrogen) atoms. The molecule has 0 spiro atoms. The zero-order valence-corrected chi connectivity index (χ0v) is 31.9. The fourth-order valence-corrected chi connectivity index (χ4v) is 4.58. The van der Waals surface area contributed by atoms with Crippen molar-refractivity contribution in [2.45, 2.75) is 6.17 Å². The third-order valence-electron chi connectivity index (χ3n) is 7.31. The van der Waals surface area contributed by atoms with Crippen molar-refractivity contribution in [1.29, 1.82) is 0 Å². The summed E-state index contributed by atoms with van der Waals surface area (Å²) in [4.78, 5) is 15.7. The SMILES string of the molecule is C=CC(=O)OCCOCCOCCOCCOCCOCCN1CCN(CCOCCOCCOC)C1COCCOCCOCCOCCOC. The molecule has 17 heteroatoms. The summed E-state index contributed by atoms with van der Waals surface area (Å²) in [5.41, 5.74) is 0. The van der Waals surface area contributed by atoms with Crippen LogP contribution in [0.25, 0.3) is 0 Å². The highest BCUT2D eigenvalue weighted by molar-refractivity contribution is 5.81. The van der Waals surface area contributed by atoms with Crippen LogP contribution < -0.4 is 0 Å². The topological polar surface area (TPSA) is 153 Å². The highest BCUT2D eigenvalue weighted by Gasteiger charge is 2.31. The fraction of sp³-hybridized carbons (Fsp3) is 0.914. The first-order chi connectivity index (χ1) is 25.7. The van der Waals surface area contributed by atoms with Crippen LogP contribution in [0.1, 0.15) is 0 Å². The van der Waals surface area contributed by atoms with Gasteiger partial charge in [-0.1, -0.05) is 6.58 Å². The molecule has 0 radical (unpaired) electrons. The molecular formula is C35H68N2O15. The van der Waals surface area contributed by atoms with Gasteiger partial charge in [0.2, 0.25) is 0 Å². The van der Waals surface area contributed by atoms with E-state index in [0.29, 0.717) is 159 Å². The Morgan fingerprint density at radius 2 is 0.750 bits per heavy atom. The highest BCUT2D eigenvalue weighted by atomic mass is 16.6. The van der Waals surface area contributed by atoms with Gasteiger partial charge in [0.1, 0.15) is 6.61 Å². The molecule has 0 saturated carbocycles. The Kier molecular flexibility index (Phi) is 36.8. The second kappa shape index (κ2) is 39.3. The summed E-state index contributed by atoms with van der Waals surface area (Å²) in [5.74, 6) is -0.460. The Labute approximate surface area is 311 Å². The van der Waals surface area contributed by atoms with Crippen LogP contribution in [0.2, 0.25) is 0 Å². The Morgan fingerprint density at radius 3 is 1.08 bits per heavy atom. The number of nitrogens with zero attached hydrogens (tertiary/aromatic N) is 2. The van der Waals surface area contributed by atoms with Crippen LogP contribution in [0.3, 0.4) is 0 Å². The maximum absolute atomic E-state index is 10.9. The predicted molar refractivity (Wildman–Crippen MR) is 191 cm³/mol. The van der Waals surface area contributed by atoms with Gasteiger partial charge in [-0.2, -0.15) is 0 Å². The first kappa shape index (κ1) is 48.6. The average Bonchev–Trinajstić information content (AvgIpc) is 3.54. The van der Waals surface area contributed by atoms with Crippen LogP contribution in [-0.2, 0) is 71.1 Å². The molecule has 1 fully saturated rings. The van der Waals surface area contributed by atoms with Crippen LogP contribution in [0.15, 0.2) is 12.7 Å². The van der Waals surface area contributed by atoms with Gasteiger partial charge in [-0.15, -0.1) is 0 Å². The second-order valence-electron chi connectivity index (χ2n) is 11.1. The number of carbonyl (C=O) groups is 1. The van der Waals surface area contributed by atoms with E-state index < -0.39 is 5.97 Å². The molecule has 1 heterocycles. The Bertz CT molecular complexity index is 774. The van der Waals surface area contributed by atoms with Crippen molar-refractivity contribution in [3.63, 3.8) is 0 Å². The van der Waals surface area contributed by atoms with Gasteiger partial charge in [0.05, 0.1) is 165 Å². The maximum atomic E-state index is 10.9. The van der Waals surface area contributed by atoms with E-state index in [-0.39, 0.29) is 12.8 Å². The number of ether oxygens (including phenoxy) is 14. The molecule has 0 aromatic carbocycles. The molecule has 1 aliphatic heterocycles. The van der Waals surface area contributed by atoms with Crippen molar-refractivity contribution in [1.82, 2.24) is 9.80 Å². The Morgan fingerprint density at radius 1 is 0.462 bits per heavy atom. The summed E-state index contributed by atoms with van der Waals surface area (Å²) >= 11 is 0. The van der Waals surface area contributed by atoms with E-state index in [1.165, 1.54) is 0 Å². The molecule has 1 saturated heterocycles. The minimum Gasteiger partial charge on any atom is -0.460 e. The Hall–Kier alpha value is -1.39. The van der Waals surface area contributed by atoms with Crippen molar-refractivity contribution in [3.05, 3.63) is 12.7 Å².